The topological polar surface area (TPSA) is 79.5 Å². The van der Waals surface area contributed by atoms with Crippen molar-refractivity contribution in [3.8, 4) is 0 Å². The maximum absolute atomic E-state index is 10.9. The third-order valence-corrected chi connectivity index (χ3v) is 2.54. The molecule has 1 aromatic carbocycles. The zero-order valence-electron chi connectivity index (χ0n) is 9.15. The number of rotatable bonds is 1. The zero-order valence-corrected chi connectivity index (χ0v) is 9.15. The number of benzene rings is 1. The van der Waals surface area contributed by atoms with E-state index in [4.69, 9.17) is 4.42 Å². The number of hydrogen-bond donors (Lipinski definition) is 2. The number of aromatic nitrogens is 1. The molecule has 0 aliphatic carbocycles. The second kappa shape index (κ2) is 3.58. The first-order chi connectivity index (χ1) is 8.22. The number of oxazole rings is 1. The van der Waals surface area contributed by atoms with Gasteiger partial charge in [-0.15, -0.1) is 0 Å². The van der Waals surface area contributed by atoms with Crippen molar-refractivity contribution in [2.24, 2.45) is 5.10 Å². The summed E-state index contributed by atoms with van der Waals surface area (Å²) in [6.45, 7) is 2.21. The van der Waals surface area contributed by atoms with Crippen LogP contribution in [0.2, 0.25) is 0 Å². The van der Waals surface area contributed by atoms with Gasteiger partial charge in [0.05, 0.1) is 12.3 Å². The summed E-state index contributed by atoms with van der Waals surface area (Å²) in [5, 5.41) is 6.64. The molecule has 3 rings (SSSR count). The van der Waals surface area contributed by atoms with Crippen LogP contribution >= 0.6 is 0 Å². The van der Waals surface area contributed by atoms with Gasteiger partial charge in [0.1, 0.15) is 5.52 Å². The first-order valence-corrected chi connectivity index (χ1v) is 5.20. The Bertz CT molecular complexity index is 629. The Morgan fingerprint density at radius 1 is 1.41 bits per heavy atom. The van der Waals surface area contributed by atoms with E-state index in [1.54, 1.807) is 6.92 Å². The van der Waals surface area contributed by atoms with Crippen molar-refractivity contribution in [1.82, 2.24) is 15.7 Å². The summed E-state index contributed by atoms with van der Waals surface area (Å²) in [6, 6.07) is 5.36. The Morgan fingerprint density at radius 2 is 2.29 bits per heavy atom. The number of aryl methyl sites for hydroxylation is 1. The zero-order chi connectivity index (χ0) is 11.8. The lowest BCUT2D eigenvalue weighted by molar-refractivity contribution is 0.241. The number of fused-ring (bicyclic) bond motifs is 1. The molecule has 0 radical (unpaired) electrons. The molecule has 0 unspecified atom stereocenters. The van der Waals surface area contributed by atoms with Gasteiger partial charge in [-0.1, -0.05) is 6.07 Å². The Balaban J connectivity index is 2.03. The van der Waals surface area contributed by atoms with Crippen LogP contribution in [0.1, 0.15) is 11.5 Å². The fourth-order valence-corrected chi connectivity index (χ4v) is 1.75. The number of hydrogen-bond acceptors (Lipinski definition) is 4. The SMILES string of the molecule is Cc1nc2ccc(C3=NNC(=O)NC3)cc2o1. The van der Waals surface area contributed by atoms with Gasteiger partial charge >= 0.3 is 6.03 Å². The van der Waals surface area contributed by atoms with E-state index in [9.17, 15) is 4.79 Å². The van der Waals surface area contributed by atoms with Gasteiger partial charge in [-0.2, -0.15) is 5.10 Å². The summed E-state index contributed by atoms with van der Waals surface area (Å²) in [5.41, 5.74) is 5.58. The van der Waals surface area contributed by atoms with Crippen LogP contribution in [0.25, 0.3) is 11.1 Å². The van der Waals surface area contributed by atoms with Gasteiger partial charge in [0.15, 0.2) is 11.5 Å². The summed E-state index contributed by atoms with van der Waals surface area (Å²) < 4.78 is 5.45. The first kappa shape index (κ1) is 9.83. The summed E-state index contributed by atoms with van der Waals surface area (Å²) in [6.07, 6.45) is 0. The Hall–Kier alpha value is -2.37. The molecule has 0 saturated carbocycles. The van der Waals surface area contributed by atoms with Crippen LogP contribution in [0.15, 0.2) is 27.7 Å². The number of amides is 2. The molecule has 2 N–H and O–H groups in total. The number of nitrogens with one attached hydrogen (secondary N) is 2. The van der Waals surface area contributed by atoms with Gasteiger partial charge in [0.25, 0.3) is 0 Å². The predicted molar refractivity (Wildman–Crippen MR) is 61.8 cm³/mol. The van der Waals surface area contributed by atoms with E-state index >= 15 is 0 Å². The van der Waals surface area contributed by atoms with Crippen molar-refractivity contribution >= 4 is 22.8 Å². The average Bonchev–Trinajstić information content (AvgIpc) is 2.69. The van der Waals surface area contributed by atoms with Crippen LogP contribution in [-0.2, 0) is 0 Å². The van der Waals surface area contributed by atoms with Crippen LogP contribution in [-0.4, -0.2) is 23.3 Å². The molecule has 86 valence electrons. The van der Waals surface area contributed by atoms with Crippen LogP contribution < -0.4 is 10.7 Å². The smallest absolute Gasteiger partial charge is 0.335 e. The van der Waals surface area contributed by atoms with E-state index < -0.39 is 0 Å². The molecule has 2 heterocycles. The molecule has 2 aromatic rings. The maximum atomic E-state index is 10.9. The predicted octanol–water partition coefficient (Wildman–Crippen LogP) is 1.15. The van der Waals surface area contributed by atoms with Crippen LogP contribution in [0.5, 0.6) is 0 Å². The molecule has 6 heteroatoms. The van der Waals surface area contributed by atoms with Gasteiger partial charge in [0, 0.05) is 12.5 Å². The molecule has 0 bridgehead atoms. The average molecular weight is 230 g/mol. The normalized spacial score (nSPS) is 15.4. The molecule has 1 aliphatic heterocycles. The van der Waals surface area contributed by atoms with Crippen molar-refractivity contribution in [3.63, 3.8) is 0 Å². The standard InChI is InChI=1S/C11H10N4O2/c1-6-13-8-3-2-7(4-10(8)17-6)9-5-12-11(16)15-14-9/h2-4H,5H2,1H3,(H2,12,15,16). The van der Waals surface area contributed by atoms with Crippen molar-refractivity contribution < 1.29 is 9.21 Å². The van der Waals surface area contributed by atoms with E-state index in [-0.39, 0.29) is 6.03 Å². The highest BCUT2D eigenvalue weighted by Gasteiger charge is 2.13. The van der Waals surface area contributed by atoms with E-state index in [1.807, 2.05) is 18.2 Å². The molecule has 1 aromatic heterocycles. The highest BCUT2D eigenvalue weighted by molar-refractivity contribution is 6.06. The minimum absolute atomic E-state index is 0.287. The summed E-state index contributed by atoms with van der Waals surface area (Å²) in [7, 11) is 0. The largest absolute Gasteiger partial charge is 0.441 e. The van der Waals surface area contributed by atoms with Gasteiger partial charge in [-0.3, -0.25) is 0 Å². The number of nitrogens with zero attached hydrogens (tertiary/aromatic N) is 2. The second-order valence-electron chi connectivity index (χ2n) is 3.77. The Kier molecular flexibility index (Phi) is 2.07. The van der Waals surface area contributed by atoms with Crippen LogP contribution in [0, 0.1) is 6.92 Å². The molecular weight excluding hydrogens is 220 g/mol. The van der Waals surface area contributed by atoms with Gasteiger partial charge in [0.2, 0.25) is 0 Å². The van der Waals surface area contributed by atoms with Crippen molar-refractivity contribution in [2.75, 3.05) is 6.54 Å². The minimum atomic E-state index is -0.287. The number of carbonyl (C=O) groups excluding carboxylic acids is 1. The summed E-state index contributed by atoms with van der Waals surface area (Å²) in [5.74, 6) is 0.633. The lowest BCUT2D eigenvalue weighted by atomic mass is 10.1. The van der Waals surface area contributed by atoms with Crippen LogP contribution in [0.3, 0.4) is 0 Å². The molecular formula is C11H10N4O2. The lowest BCUT2D eigenvalue weighted by Crippen LogP contribution is -2.42. The third-order valence-electron chi connectivity index (χ3n) is 2.54. The summed E-state index contributed by atoms with van der Waals surface area (Å²) in [4.78, 5) is 15.1. The second-order valence-corrected chi connectivity index (χ2v) is 3.77. The van der Waals surface area contributed by atoms with Gasteiger partial charge in [-0.05, 0) is 12.1 Å². The Labute approximate surface area is 96.7 Å². The quantitative estimate of drug-likeness (QED) is 0.771. The van der Waals surface area contributed by atoms with Gasteiger partial charge < -0.3 is 9.73 Å². The van der Waals surface area contributed by atoms with E-state index in [1.165, 1.54) is 0 Å². The van der Waals surface area contributed by atoms with E-state index in [2.05, 4.69) is 20.8 Å². The Morgan fingerprint density at radius 3 is 3.06 bits per heavy atom. The van der Waals surface area contributed by atoms with E-state index in [0.29, 0.717) is 12.4 Å². The fourth-order valence-electron chi connectivity index (χ4n) is 1.75. The first-order valence-electron chi connectivity index (χ1n) is 5.20. The molecule has 1 aliphatic rings. The molecule has 0 spiro atoms. The molecule has 2 amide bonds. The molecule has 0 saturated heterocycles. The van der Waals surface area contributed by atoms with Crippen molar-refractivity contribution in [2.45, 2.75) is 6.92 Å². The van der Waals surface area contributed by atoms with Crippen molar-refractivity contribution in [3.05, 3.63) is 29.7 Å². The highest BCUT2D eigenvalue weighted by atomic mass is 16.3. The maximum Gasteiger partial charge on any atom is 0.335 e. The van der Waals surface area contributed by atoms with Crippen LogP contribution in [0.4, 0.5) is 4.79 Å². The highest BCUT2D eigenvalue weighted by Crippen LogP contribution is 2.17. The molecule has 6 nitrogen and oxygen atoms in total. The lowest BCUT2D eigenvalue weighted by Gasteiger charge is -2.13. The fraction of sp³-hybridized carbons (Fsp3) is 0.182. The molecule has 0 atom stereocenters. The number of carbonyl (C=O) groups is 1. The third kappa shape index (κ3) is 1.73. The minimum Gasteiger partial charge on any atom is -0.441 e. The molecule has 17 heavy (non-hydrogen) atoms. The van der Waals surface area contributed by atoms with E-state index in [0.717, 1.165) is 22.4 Å². The molecule has 0 fully saturated rings. The van der Waals surface area contributed by atoms with Crippen molar-refractivity contribution in [1.29, 1.82) is 0 Å². The number of hydrazone groups is 1. The number of urea groups is 1. The monoisotopic (exact) mass is 230 g/mol. The summed E-state index contributed by atoms with van der Waals surface area (Å²) >= 11 is 0. The van der Waals surface area contributed by atoms with Gasteiger partial charge in [-0.25, -0.2) is 15.2 Å².